The van der Waals surface area contributed by atoms with Gasteiger partial charge < -0.3 is 9.80 Å². The molecule has 3 aliphatic heterocycles. The molecule has 3 heterocycles. The van der Waals surface area contributed by atoms with Crippen molar-refractivity contribution in [1.29, 1.82) is 0 Å². The minimum atomic E-state index is -4.78. The van der Waals surface area contributed by atoms with E-state index in [0.717, 1.165) is 19.2 Å². The fourth-order valence-electron chi connectivity index (χ4n) is 3.58. The zero-order valence-electron chi connectivity index (χ0n) is 15.7. The van der Waals surface area contributed by atoms with E-state index in [9.17, 15) is 17.6 Å². The second-order valence-electron chi connectivity index (χ2n) is 7.31. The fraction of sp³-hybridized carbons (Fsp3) is 0.474. The van der Waals surface area contributed by atoms with Gasteiger partial charge in [0, 0.05) is 32.4 Å². The van der Waals surface area contributed by atoms with Crippen LogP contribution in [0.3, 0.4) is 0 Å². The maximum absolute atomic E-state index is 14.8. The van der Waals surface area contributed by atoms with Gasteiger partial charge in [0.05, 0.1) is 17.3 Å². The SMILES string of the molecule is CC1CC=CN2C(=N1)C(N1CCN(C)CC1)=Nc1c2ccc(C(F)(F)F)c1F. The Hall–Kier alpha value is -2.42. The normalized spacial score (nSPS) is 23.0. The molecule has 0 spiro atoms. The standard InChI is InChI=1S/C19H21F4N5/c1-12-4-3-7-28-14-6-5-13(19(21,22)23)15(20)16(14)25-17(18(28)24-12)27-10-8-26(2)9-11-27/h3,5-7,12H,4,8-11H2,1-2H3. The van der Waals surface area contributed by atoms with E-state index in [1.54, 1.807) is 11.1 Å². The summed E-state index contributed by atoms with van der Waals surface area (Å²) in [5.74, 6) is -0.365. The van der Waals surface area contributed by atoms with Crippen LogP contribution in [0.1, 0.15) is 18.9 Å². The van der Waals surface area contributed by atoms with Crippen LogP contribution in [0, 0.1) is 5.82 Å². The highest BCUT2D eigenvalue weighted by Gasteiger charge is 2.39. The molecule has 1 unspecified atom stereocenters. The third kappa shape index (κ3) is 3.28. The molecule has 0 bridgehead atoms. The van der Waals surface area contributed by atoms with Crippen molar-refractivity contribution in [3.63, 3.8) is 0 Å². The van der Waals surface area contributed by atoms with Crippen LogP contribution in [0.4, 0.5) is 28.9 Å². The van der Waals surface area contributed by atoms with Gasteiger partial charge in [-0.25, -0.2) is 9.38 Å². The largest absolute Gasteiger partial charge is 0.419 e. The number of amidine groups is 2. The highest BCUT2D eigenvalue weighted by Crippen LogP contribution is 2.43. The summed E-state index contributed by atoms with van der Waals surface area (Å²) in [6.07, 6.45) is -0.444. The monoisotopic (exact) mass is 395 g/mol. The molecule has 1 aromatic carbocycles. The Morgan fingerprint density at radius 3 is 2.46 bits per heavy atom. The molecule has 0 amide bonds. The molecule has 0 radical (unpaired) electrons. The fourth-order valence-corrected chi connectivity index (χ4v) is 3.58. The maximum atomic E-state index is 14.8. The summed E-state index contributed by atoms with van der Waals surface area (Å²) >= 11 is 0. The molecule has 150 valence electrons. The molecule has 9 heteroatoms. The average molecular weight is 395 g/mol. The Morgan fingerprint density at radius 1 is 1.07 bits per heavy atom. The molecular formula is C19H21F4N5. The Morgan fingerprint density at radius 2 is 1.79 bits per heavy atom. The van der Waals surface area contributed by atoms with Gasteiger partial charge in [-0.05, 0) is 32.5 Å². The summed E-state index contributed by atoms with van der Waals surface area (Å²) < 4.78 is 54.5. The van der Waals surface area contributed by atoms with Crippen molar-refractivity contribution in [1.82, 2.24) is 9.80 Å². The van der Waals surface area contributed by atoms with Gasteiger partial charge in [-0.15, -0.1) is 0 Å². The third-order valence-corrected chi connectivity index (χ3v) is 5.18. The minimum Gasteiger partial charge on any atom is -0.351 e. The molecule has 1 atom stereocenters. The Balaban J connectivity index is 1.88. The van der Waals surface area contributed by atoms with Gasteiger partial charge in [-0.3, -0.25) is 9.89 Å². The summed E-state index contributed by atoms with van der Waals surface area (Å²) in [7, 11) is 2.00. The number of alkyl halides is 3. The second-order valence-corrected chi connectivity index (χ2v) is 7.31. The van der Waals surface area contributed by atoms with Crippen LogP contribution in [0.2, 0.25) is 0 Å². The van der Waals surface area contributed by atoms with E-state index < -0.39 is 17.6 Å². The number of hydrogen-bond donors (Lipinski definition) is 0. The van der Waals surface area contributed by atoms with E-state index in [1.807, 2.05) is 24.9 Å². The lowest BCUT2D eigenvalue weighted by Crippen LogP contribution is -2.52. The Bertz CT molecular complexity index is 866. The number of rotatable bonds is 0. The van der Waals surface area contributed by atoms with Crippen LogP contribution in [-0.4, -0.2) is 60.7 Å². The number of nitrogens with zero attached hydrogens (tertiary/aromatic N) is 5. The van der Waals surface area contributed by atoms with E-state index in [2.05, 4.69) is 9.89 Å². The first-order valence-corrected chi connectivity index (χ1v) is 9.21. The highest BCUT2D eigenvalue weighted by molar-refractivity contribution is 6.47. The van der Waals surface area contributed by atoms with Crippen molar-refractivity contribution in [2.45, 2.75) is 25.6 Å². The summed E-state index contributed by atoms with van der Waals surface area (Å²) in [6, 6.07) is 2.03. The predicted molar refractivity (Wildman–Crippen MR) is 101 cm³/mol. The number of hydrogen-bond acceptors (Lipinski definition) is 5. The topological polar surface area (TPSA) is 34.4 Å². The van der Waals surface area contributed by atoms with Crippen LogP contribution in [0.5, 0.6) is 0 Å². The molecule has 3 aliphatic rings. The second kappa shape index (κ2) is 6.88. The molecule has 0 N–H and O–H groups in total. The highest BCUT2D eigenvalue weighted by atomic mass is 19.4. The zero-order chi connectivity index (χ0) is 20.1. The van der Waals surface area contributed by atoms with Crippen LogP contribution < -0.4 is 4.90 Å². The zero-order valence-corrected chi connectivity index (χ0v) is 15.7. The molecule has 1 aromatic rings. The van der Waals surface area contributed by atoms with E-state index in [0.29, 0.717) is 31.2 Å². The van der Waals surface area contributed by atoms with Gasteiger partial charge in [0.1, 0.15) is 5.69 Å². The smallest absolute Gasteiger partial charge is 0.351 e. The molecule has 5 nitrogen and oxygen atoms in total. The van der Waals surface area contributed by atoms with Crippen molar-refractivity contribution in [3.05, 3.63) is 35.8 Å². The molecule has 1 fully saturated rings. The number of fused-ring (bicyclic) bond motifs is 3. The first-order valence-electron chi connectivity index (χ1n) is 9.21. The number of likely N-dealkylation sites (N-methyl/N-ethyl adjacent to an activating group) is 1. The van der Waals surface area contributed by atoms with Gasteiger partial charge in [0.25, 0.3) is 0 Å². The van der Waals surface area contributed by atoms with E-state index >= 15 is 0 Å². The molecule has 4 rings (SSSR count). The number of halogens is 4. The number of anilines is 1. The van der Waals surface area contributed by atoms with Crippen molar-refractivity contribution in [2.75, 3.05) is 38.1 Å². The lowest BCUT2D eigenvalue weighted by molar-refractivity contribution is -0.139. The molecule has 1 saturated heterocycles. The van der Waals surface area contributed by atoms with Crippen molar-refractivity contribution in [3.8, 4) is 0 Å². The van der Waals surface area contributed by atoms with Gasteiger partial charge in [0.15, 0.2) is 17.5 Å². The first-order chi connectivity index (χ1) is 13.3. The van der Waals surface area contributed by atoms with Crippen LogP contribution in [-0.2, 0) is 6.18 Å². The Labute approximate surface area is 160 Å². The molecular weight excluding hydrogens is 374 g/mol. The maximum Gasteiger partial charge on any atom is 0.419 e. The van der Waals surface area contributed by atoms with Gasteiger partial charge in [-0.2, -0.15) is 13.2 Å². The lowest BCUT2D eigenvalue weighted by Gasteiger charge is -2.38. The van der Waals surface area contributed by atoms with Crippen LogP contribution >= 0.6 is 0 Å². The Kier molecular flexibility index (Phi) is 4.65. The molecule has 0 aliphatic carbocycles. The summed E-state index contributed by atoms with van der Waals surface area (Å²) in [5, 5.41) is 0. The van der Waals surface area contributed by atoms with Crippen LogP contribution in [0.15, 0.2) is 34.4 Å². The molecule has 0 aromatic heterocycles. The number of piperazine rings is 1. The lowest BCUT2D eigenvalue weighted by atomic mass is 10.1. The molecule has 0 saturated carbocycles. The molecule has 28 heavy (non-hydrogen) atoms. The quantitative estimate of drug-likeness (QED) is 0.629. The van der Waals surface area contributed by atoms with Gasteiger partial charge >= 0.3 is 6.18 Å². The van der Waals surface area contributed by atoms with Crippen LogP contribution in [0.25, 0.3) is 0 Å². The number of benzene rings is 1. The van der Waals surface area contributed by atoms with Crippen molar-refractivity contribution in [2.24, 2.45) is 9.98 Å². The summed E-state index contributed by atoms with van der Waals surface area (Å²) in [6.45, 7) is 4.84. The first kappa shape index (κ1) is 18.9. The van der Waals surface area contributed by atoms with Gasteiger partial charge in [0.2, 0.25) is 0 Å². The summed E-state index contributed by atoms with van der Waals surface area (Å²) in [5.41, 5.74) is -1.32. The van der Waals surface area contributed by atoms with Crippen molar-refractivity contribution < 1.29 is 17.6 Å². The third-order valence-electron chi connectivity index (χ3n) is 5.18. The number of aliphatic imine (C=N–C) groups is 2. The van der Waals surface area contributed by atoms with E-state index in [1.165, 1.54) is 6.07 Å². The van der Waals surface area contributed by atoms with E-state index in [4.69, 9.17) is 4.99 Å². The van der Waals surface area contributed by atoms with E-state index in [-0.39, 0.29) is 17.4 Å². The minimum absolute atomic E-state index is 0.00485. The predicted octanol–water partition coefficient (Wildman–Crippen LogP) is 3.65. The summed E-state index contributed by atoms with van der Waals surface area (Å²) in [4.78, 5) is 14.9. The van der Waals surface area contributed by atoms with Gasteiger partial charge in [-0.1, -0.05) is 6.08 Å². The van der Waals surface area contributed by atoms with Crippen molar-refractivity contribution >= 4 is 23.0 Å². The average Bonchev–Trinajstić information content (AvgIpc) is 2.82.